The lowest BCUT2D eigenvalue weighted by molar-refractivity contribution is -0.0148. The maximum atomic E-state index is 12.4. The van der Waals surface area contributed by atoms with Crippen LogP contribution in [-0.2, 0) is 4.74 Å². The van der Waals surface area contributed by atoms with Gasteiger partial charge in [-0.25, -0.2) is 0 Å². The number of likely N-dealkylation sites (N-methyl/N-ethyl adjacent to an activating group) is 1. The summed E-state index contributed by atoms with van der Waals surface area (Å²) in [6, 6.07) is 5.05. The molecular formula is C14H18ClNO3. The normalized spacial score (nSPS) is 20.3. The number of ketones is 1. The Hall–Kier alpha value is -1.10. The molecule has 5 heteroatoms. The number of methoxy groups -OCH3 is 1. The zero-order valence-electron chi connectivity index (χ0n) is 11.2. The predicted molar refractivity (Wildman–Crippen MR) is 74.2 cm³/mol. The van der Waals surface area contributed by atoms with Crippen LogP contribution in [0, 0.1) is 0 Å². The third-order valence-corrected chi connectivity index (χ3v) is 3.64. The number of morpholine rings is 1. The van der Waals surface area contributed by atoms with Crippen LogP contribution >= 0.6 is 11.6 Å². The third kappa shape index (κ3) is 3.26. The predicted octanol–water partition coefficient (Wildman–Crippen LogP) is 2.25. The summed E-state index contributed by atoms with van der Waals surface area (Å²) in [5.41, 5.74) is 0.573. The van der Waals surface area contributed by atoms with Gasteiger partial charge in [0, 0.05) is 18.7 Å². The molecule has 0 saturated carbocycles. The number of carbonyl (C=O) groups is 1. The topological polar surface area (TPSA) is 38.8 Å². The molecule has 104 valence electrons. The van der Waals surface area contributed by atoms with E-state index in [1.807, 2.05) is 0 Å². The number of ether oxygens (including phenoxy) is 2. The lowest BCUT2D eigenvalue weighted by Crippen LogP contribution is -2.45. The fraction of sp³-hybridized carbons (Fsp3) is 0.500. The summed E-state index contributed by atoms with van der Waals surface area (Å²) in [6.07, 6.45) is -0.403. The van der Waals surface area contributed by atoms with Crippen molar-refractivity contribution >= 4 is 17.4 Å². The summed E-state index contributed by atoms with van der Waals surface area (Å²) in [5, 5.41) is 0.499. The van der Waals surface area contributed by atoms with Gasteiger partial charge in [0.1, 0.15) is 11.9 Å². The van der Waals surface area contributed by atoms with Gasteiger partial charge in [0.2, 0.25) is 0 Å². The number of benzene rings is 1. The third-order valence-electron chi connectivity index (χ3n) is 3.33. The first-order chi connectivity index (χ1) is 9.15. The van der Waals surface area contributed by atoms with Crippen LogP contribution in [0.3, 0.4) is 0 Å². The molecule has 0 aliphatic carbocycles. The molecule has 2 rings (SSSR count). The van der Waals surface area contributed by atoms with Crippen molar-refractivity contribution in [2.24, 2.45) is 0 Å². The Balaban J connectivity index is 2.14. The van der Waals surface area contributed by atoms with E-state index in [2.05, 4.69) is 11.8 Å². The fourth-order valence-corrected chi connectivity index (χ4v) is 2.34. The lowest BCUT2D eigenvalue weighted by atomic mass is 10.0. The van der Waals surface area contributed by atoms with Gasteiger partial charge in [0.05, 0.1) is 18.7 Å². The molecule has 0 amide bonds. The zero-order chi connectivity index (χ0) is 13.8. The molecule has 0 bridgehead atoms. The van der Waals surface area contributed by atoms with E-state index in [4.69, 9.17) is 21.1 Å². The van der Waals surface area contributed by atoms with Crippen molar-refractivity contribution in [1.29, 1.82) is 0 Å². The Morgan fingerprint density at radius 1 is 1.58 bits per heavy atom. The van der Waals surface area contributed by atoms with Gasteiger partial charge in [-0.1, -0.05) is 18.5 Å². The highest BCUT2D eigenvalue weighted by atomic mass is 35.5. The molecule has 19 heavy (non-hydrogen) atoms. The van der Waals surface area contributed by atoms with Gasteiger partial charge < -0.3 is 9.47 Å². The average molecular weight is 284 g/mol. The Morgan fingerprint density at radius 2 is 2.37 bits per heavy atom. The maximum Gasteiger partial charge on any atom is 0.193 e. The standard InChI is InChI=1S/C14H18ClNO3/c1-3-16-6-7-19-13(9-16)14(17)10-4-5-11(15)12(8-10)18-2/h4-5,8,13H,3,6-7,9H2,1-2H3. The first kappa shape index (κ1) is 14.3. The van der Waals surface area contributed by atoms with Crippen molar-refractivity contribution in [3.8, 4) is 5.75 Å². The van der Waals surface area contributed by atoms with E-state index in [-0.39, 0.29) is 5.78 Å². The number of hydrogen-bond acceptors (Lipinski definition) is 4. The molecule has 0 spiro atoms. The minimum absolute atomic E-state index is 0.0203. The molecule has 4 nitrogen and oxygen atoms in total. The molecule has 1 saturated heterocycles. The number of rotatable bonds is 4. The second-order valence-electron chi connectivity index (χ2n) is 4.47. The van der Waals surface area contributed by atoms with E-state index >= 15 is 0 Å². The van der Waals surface area contributed by atoms with Crippen molar-refractivity contribution in [3.63, 3.8) is 0 Å². The summed E-state index contributed by atoms with van der Waals surface area (Å²) in [5.74, 6) is 0.490. The second-order valence-corrected chi connectivity index (χ2v) is 4.87. The molecule has 1 aliphatic rings. The number of Topliss-reactive ketones (excluding diaryl/α,β-unsaturated/α-hetero) is 1. The van der Waals surface area contributed by atoms with Crippen LogP contribution in [0.2, 0.25) is 5.02 Å². The smallest absolute Gasteiger partial charge is 0.193 e. The number of carbonyl (C=O) groups excluding carboxylic acids is 1. The van der Waals surface area contributed by atoms with E-state index in [1.165, 1.54) is 7.11 Å². The van der Waals surface area contributed by atoms with Crippen LogP contribution in [0.1, 0.15) is 17.3 Å². The van der Waals surface area contributed by atoms with Gasteiger partial charge in [0.15, 0.2) is 5.78 Å². The second kappa shape index (κ2) is 6.37. The molecule has 0 radical (unpaired) electrons. The van der Waals surface area contributed by atoms with Gasteiger partial charge in [-0.2, -0.15) is 0 Å². The van der Waals surface area contributed by atoms with Gasteiger partial charge >= 0.3 is 0 Å². The van der Waals surface area contributed by atoms with Crippen molar-refractivity contribution in [2.75, 3.05) is 33.4 Å². The lowest BCUT2D eigenvalue weighted by Gasteiger charge is -2.31. The van der Waals surface area contributed by atoms with E-state index in [1.54, 1.807) is 18.2 Å². The van der Waals surface area contributed by atoms with Gasteiger partial charge in [-0.05, 0) is 24.7 Å². The molecule has 0 aromatic heterocycles. The monoisotopic (exact) mass is 283 g/mol. The Bertz CT molecular complexity index is 464. The molecule has 1 aliphatic heterocycles. The largest absolute Gasteiger partial charge is 0.495 e. The first-order valence-corrected chi connectivity index (χ1v) is 6.75. The number of nitrogens with zero attached hydrogens (tertiary/aromatic N) is 1. The summed E-state index contributed by atoms with van der Waals surface area (Å²) < 4.78 is 10.7. The Kier molecular flexibility index (Phi) is 4.80. The van der Waals surface area contributed by atoms with Crippen LogP contribution in [0.15, 0.2) is 18.2 Å². The van der Waals surface area contributed by atoms with Crippen LogP contribution in [-0.4, -0.2) is 50.1 Å². The molecule has 0 N–H and O–H groups in total. The van der Waals surface area contributed by atoms with Crippen molar-refractivity contribution in [2.45, 2.75) is 13.0 Å². The van der Waals surface area contributed by atoms with Crippen LogP contribution in [0.5, 0.6) is 5.75 Å². The quantitative estimate of drug-likeness (QED) is 0.795. The molecule has 1 atom stereocenters. The summed E-state index contributed by atoms with van der Waals surface area (Å²) in [6.45, 7) is 5.12. The summed E-state index contributed by atoms with van der Waals surface area (Å²) in [4.78, 5) is 14.6. The summed E-state index contributed by atoms with van der Waals surface area (Å²) >= 11 is 5.96. The van der Waals surface area contributed by atoms with Crippen molar-refractivity contribution < 1.29 is 14.3 Å². The van der Waals surface area contributed by atoms with Gasteiger partial charge in [-0.3, -0.25) is 9.69 Å². The minimum atomic E-state index is -0.403. The fourth-order valence-electron chi connectivity index (χ4n) is 2.15. The minimum Gasteiger partial charge on any atom is -0.495 e. The SMILES string of the molecule is CCN1CCOC(C(=O)c2ccc(Cl)c(OC)c2)C1. The highest BCUT2D eigenvalue weighted by molar-refractivity contribution is 6.32. The Morgan fingerprint density at radius 3 is 3.05 bits per heavy atom. The molecule has 1 fully saturated rings. The van der Waals surface area contributed by atoms with Crippen LogP contribution in [0.25, 0.3) is 0 Å². The molecule has 1 aromatic rings. The molecule has 1 aromatic carbocycles. The Labute approximate surface area is 118 Å². The van der Waals surface area contributed by atoms with E-state index in [0.29, 0.717) is 29.5 Å². The summed E-state index contributed by atoms with van der Waals surface area (Å²) in [7, 11) is 1.53. The number of halogens is 1. The molecule has 1 unspecified atom stereocenters. The van der Waals surface area contributed by atoms with E-state index < -0.39 is 6.10 Å². The van der Waals surface area contributed by atoms with Crippen molar-refractivity contribution in [3.05, 3.63) is 28.8 Å². The van der Waals surface area contributed by atoms with E-state index in [0.717, 1.165) is 13.1 Å². The highest BCUT2D eigenvalue weighted by Crippen LogP contribution is 2.26. The van der Waals surface area contributed by atoms with Gasteiger partial charge in [0.25, 0.3) is 0 Å². The zero-order valence-corrected chi connectivity index (χ0v) is 11.9. The maximum absolute atomic E-state index is 12.4. The van der Waals surface area contributed by atoms with Crippen LogP contribution in [0.4, 0.5) is 0 Å². The van der Waals surface area contributed by atoms with Crippen molar-refractivity contribution in [1.82, 2.24) is 4.90 Å². The molecule has 1 heterocycles. The van der Waals surface area contributed by atoms with Crippen LogP contribution < -0.4 is 4.74 Å². The average Bonchev–Trinajstić information content (AvgIpc) is 2.47. The van der Waals surface area contributed by atoms with E-state index in [9.17, 15) is 4.79 Å². The highest BCUT2D eigenvalue weighted by Gasteiger charge is 2.27. The first-order valence-electron chi connectivity index (χ1n) is 6.37. The molecular weight excluding hydrogens is 266 g/mol. The van der Waals surface area contributed by atoms with Gasteiger partial charge in [-0.15, -0.1) is 0 Å². The number of hydrogen-bond donors (Lipinski definition) is 0.